The largest absolute Gasteiger partial charge is 0.362 e. The van der Waals surface area contributed by atoms with Crippen molar-refractivity contribution in [2.75, 3.05) is 16.8 Å². The summed E-state index contributed by atoms with van der Waals surface area (Å²) in [4.78, 5) is 15.0. The summed E-state index contributed by atoms with van der Waals surface area (Å²) < 4.78 is 13.1. The molecule has 31 heavy (non-hydrogen) atoms. The van der Waals surface area contributed by atoms with Crippen LogP contribution in [0.5, 0.6) is 0 Å². The van der Waals surface area contributed by atoms with Gasteiger partial charge in [0.05, 0.1) is 5.54 Å². The molecule has 160 valence electrons. The SMILES string of the molecule is CCCN1c2cc(C)c(/C=C(\C#N)C(=O)Nc3ccc(F)cc3)cc2C(C)=CC1(C)C. The van der Waals surface area contributed by atoms with E-state index < -0.39 is 5.91 Å². The number of benzene rings is 2. The Hall–Kier alpha value is -3.39. The van der Waals surface area contributed by atoms with Gasteiger partial charge in [-0.3, -0.25) is 4.79 Å². The molecule has 1 aliphatic heterocycles. The van der Waals surface area contributed by atoms with Crippen LogP contribution in [0.25, 0.3) is 11.6 Å². The van der Waals surface area contributed by atoms with Crippen molar-refractivity contribution >= 4 is 28.9 Å². The number of amides is 1. The molecule has 0 atom stereocenters. The standard InChI is InChI=1S/C26H28FN3O/c1-6-11-30-24-12-17(2)19(14-23(24)18(3)15-26(30,4)5)13-20(16-28)25(31)29-22-9-7-21(27)8-10-22/h7-10,12-15H,6,11H2,1-5H3,(H,29,31)/b20-13+. The Kier molecular flexibility index (Phi) is 6.31. The van der Waals surface area contributed by atoms with Gasteiger partial charge in [-0.05, 0) is 93.3 Å². The molecule has 0 fully saturated rings. The zero-order chi connectivity index (χ0) is 22.8. The van der Waals surface area contributed by atoms with E-state index in [1.807, 2.05) is 13.0 Å². The van der Waals surface area contributed by atoms with Crippen molar-refractivity contribution in [1.29, 1.82) is 5.26 Å². The monoisotopic (exact) mass is 417 g/mol. The molecule has 2 aromatic rings. The highest BCUT2D eigenvalue weighted by atomic mass is 19.1. The van der Waals surface area contributed by atoms with Crippen molar-refractivity contribution in [3.63, 3.8) is 0 Å². The van der Waals surface area contributed by atoms with Crippen LogP contribution in [0.3, 0.4) is 0 Å². The Bertz CT molecular complexity index is 1100. The molecular weight excluding hydrogens is 389 g/mol. The van der Waals surface area contributed by atoms with E-state index in [1.165, 1.54) is 35.5 Å². The van der Waals surface area contributed by atoms with Crippen molar-refractivity contribution < 1.29 is 9.18 Å². The number of carbonyl (C=O) groups excluding carboxylic acids is 1. The zero-order valence-electron chi connectivity index (χ0n) is 18.7. The van der Waals surface area contributed by atoms with Gasteiger partial charge in [0.2, 0.25) is 0 Å². The molecule has 0 aromatic heterocycles. The summed E-state index contributed by atoms with van der Waals surface area (Å²) in [6.45, 7) is 11.6. The highest BCUT2D eigenvalue weighted by Crippen LogP contribution is 2.40. The summed E-state index contributed by atoms with van der Waals surface area (Å²) in [6.07, 6.45) is 4.92. The number of aryl methyl sites for hydroxylation is 1. The van der Waals surface area contributed by atoms with E-state index in [0.29, 0.717) is 5.69 Å². The molecule has 2 aromatic carbocycles. The van der Waals surface area contributed by atoms with E-state index in [9.17, 15) is 14.4 Å². The predicted molar refractivity (Wildman–Crippen MR) is 125 cm³/mol. The lowest BCUT2D eigenvalue weighted by molar-refractivity contribution is -0.112. The first kappa shape index (κ1) is 22.3. The molecule has 3 rings (SSSR count). The number of halogens is 1. The summed E-state index contributed by atoms with van der Waals surface area (Å²) >= 11 is 0. The maximum absolute atomic E-state index is 13.1. The number of carbonyl (C=O) groups is 1. The maximum Gasteiger partial charge on any atom is 0.266 e. The first-order valence-corrected chi connectivity index (χ1v) is 10.5. The second-order valence-corrected chi connectivity index (χ2v) is 8.49. The zero-order valence-corrected chi connectivity index (χ0v) is 18.7. The van der Waals surface area contributed by atoms with Crippen LogP contribution < -0.4 is 10.2 Å². The van der Waals surface area contributed by atoms with Crippen LogP contribution in [0.15, 0.2) is 48.0 Å². The molecular formula is C26H28FN3O. The molecule has 1 aliphatic rings. The molecule has 0 spiro atoms. The van der Waals surface area contributed by atoms with Crippen LogP contribution in [0.1, 0.15) is 50.8 Å². The van der Waals surface area contributed by atoms with Gasteiger partial charge >= 0.3 is 0 Å². The molecule has 1 amide bonds. The first-order valence-electron chi connectivity index (χ1n) is 10.5. The average Bonchev–Trinajstić information content (AvgIpc) is 2.71. The van der Waals surface area contributed by atoms with E-state index in [1.54, 1.807) is 6.08 Å². The number of allylic oxidation sites excluding steroid dienone is 1. The fourth-order valence-corrected chi connectivity index (χ4v) is 4.07. The minimum atomic E-state index is -0.521. The maximum atomic E-state index is 13.1. The van der Waals surface area contributed by atoms with Gasteiger partial charge in [0.1, 0.15) is 17.5 Å². The van der Waals surface area contributed by atoms with Crippen molar-refractivity contribution in [2.45, 2.75) is 46.6 Å². The average molecular weight is 418 g/mol. The first-order chi connectivity index (χ1) is 14.7. The van der Waals surface area contributed by atoms with Gasteiger partial charge in [0.25, 0.3) is 5.91 Å². The summed E-state index contributed by atoms with van der Waals surface area (Å²) in [5.41, 5.74) is 5.64. The van der Waals surface area contributed by atoms with E-state index in [-0.39, 0.29) is 16.9 Å². The second kappa shape index (κ2) is 8.77. The quantitative estimate of drug-likeness (QED) is 0.473. The van der Waals surface area contributed by atoms with Gasteiger partial charge in [-0.15, -0.1) is 0 Å². The normalized spacial score (nSPS) is 15.1. The third-order valence-electron chi connectivity index (χ3n) is 5.58. The molecule has 0 bridgehead atoms. The lowest BCUT2D eigenvalue weighted by Gasteiger charge is -2.43. The number of fused-ring (bicyclic) bond motifs is 1. The Morgan fingerprint density at radius 1 is 1.23 bits per heavy atom. The molecule has 4 nitrogen and oxygen atoms in total. The lowest BCUT2D eigenvalue weighted by Crippen LogP contribution is -2.45. The van der Waals surface area contributed by atoms with E-state index >= 15 is 0 Å². The Balaban J connectivity index is 1.98. The fraction of sp³-hybridized carbons (Fsp3) is 0.308. The van der Waals surface area contributed by atoms with E-state index in [2.05, 4.69) is 56.1 Å². The topological polar surface area (TPSA) is 56.1 Å². The Morgan fingerprint density at radius 2 is 1.90 bits per heavy atom. The van der Waals surface area contributed by atoms with Crippen molar-refractivity contribution in [3.8, 4) is 6.07 Å². The molecule has 0 aliphatic carbocycles. The van der Waals surface area contributed by atoms with Crippen molar-refractivity contribution in [3.05, 3.63) is 70.6 Å². The van der Waals surface area contributed by atoms with Crippen molar-refractivity contribution in [1.82, 2.24) is 0 Å². The molecule has 1 N–H and O–H groups in total. The number of nitriles is 1. The van der Waals surface area contributed by atoms with Crippen LogP contribution in [-0.2, 0) is 4.79 Å². The molecule has 0 saturated carbocycles. The molecule has 0 unspecified atom stereocenters. The molecule has 1 heterocycles. The third kappa shape index (κ3) is 4.69. The molecule has 0 radical (unpaired) electrons. The van der Waals surface area contributed by atoms with Gasteiger partial charge in [-0.2, -0.15) is 5.26 Å². The number of hydrogen-bond donors (Lipinski definition) is 1. The second-order valence-electron chi connectivity index (χ2n) is 8.49. The minimum Gasteiger partial charge on any atom is -0.362 e. The van der Waals surface area contributed by atoms with Crippen molar-refractivity contribution in [2.24, 2.45) is 0 Å². The van der Waals surface area contributed by atoms with Gasteiger partial charge < -0.3 is 10.2 Å². The number of rotatable bonds is 5. The van der Waals surface area contributed by atoms with Crippen LogP contribution in [-0.4, -0.2) is 18.0 Å². The van der Waals surface area contributed by atoms with Gasteiger partial charge in [0.15, 0.2) is 0 Å². The highest BCUT2D eigenvalue weighted by molar-refractivity contribution is 6.09. The number of nitrogens with one attached hydrogen (secondary N) is 1. The van der Waals surface area contributed by atoms with Gasteiger partial charge in [0, 0.05) is 23.5 Å². The fourth-order valence-electron chi connectivity index (χ4n) is 4.07. The predicted octanol–water partition coefficient (Wildman–Crippen LogP) is 6.09. The van der Waals surface area contributed by atoms with E-state index in [0.717, 1.165) is 29.7 Å². The van der Waals surface area contributed by atoms with Crippen LogP contribution in [0.4, 0.5) is 15.8 Å². The lowest BCUT2D eigenvalue weighted by atomic mass is 9.86. The summed E-state index contributed by atoms with van der Waals surface area (Å²) in [5.74, 6) is -0.908. The third-order valence-corrected chi connectivity index (χ3v) is 5.58. The smallest absolute Gasteiger partial charge is 0.266 e. The number of anilines is 2. The van der Waals surface area contributed by atoms with Crippen LogP contribution in [0, 0.1) is 24.1 Å². The van der Waals surface area contributed by atoms with Gasteiger partial charge in [-0.1, -0.05) is 13.0 Å². The van der Waals surface area contributed by atoms with E-state index in [4.69, 9.17) is 0 Å². The molecule has 5 heteroatoms. The minimum absolute atomic E-state index is 0.00411. The summed E-state index contributed by atoms with van der Waals surface area (Å²) in [5, 5.41) is 12.2. The number of nitrogens with zero attached hydrogens (tertiary/aromatic N) is 2. The highest BCUT2D eigenvalue weighted by Gasteiger charge is 2.31. The summed E-state index contributed by atoms with van der Waals surface area (Å²) in [7, 11) is 0. The Morgan fingerprint density at radius 3 is 2.52 bits per heavy atom. The van der Waals surface area contributed by atoms with Gasteiger partial charge in [-0.25, -0.2) is 4.39 Å². The van der Waals surface area contributed by atoms with Crippen LogP contribution in [0.2, 0.25) is 0 Å². The Labute approximate surface area is 183 Å². The molecule has 0 saturated heterocycles. The van der Waals surface area contributed by atoms with Crippen LogP contribution >= 0.6 is 0 Å². The number of hydrogen-bond acceptors (Lipinski definition) is 3. The summed E-state index contributed by atoms with van der Waals surface area (Å²) in [6, 6.07) is 11.6.